The molecule has 118 valence electrons. The van der Waals surface area contributed by atoms with Gasteiger partial charge in [-0.2, -0.15) is 0 Å². The summed E-state index contributed by atoms with van der Waals surface area (Å²) >= 11 is 0. The Morgan fingerprint density at radius 1 is 0.905 bits per heavy atom. The minimum atomic E-state index is -0.402. The van der Waals surface area contributed by atoms with Gasteiger partial charge >= 0.3 is 6.09 Å². The number of rotatable bonds is 1. The summed E-state index contributed by atoms with van der Waals surface area (Å²) in [7, 11) is 0. The Morgan fingerprint density at radius 2 is 1.52 bits per heavy atom. The van der Waals surface area contributed by atoms with E-state index >= 15 is 0 Å². The lowest BCUT2D eigenvalue weighted by atomic mass is 9.77. The highest BCUT2D eigenvalue weighted by Gasteiger charge is 2.51. The van der Waals surface area contributed by atoms with Crippen molar-refractivity contribution in [3.05, 3.63) is 0 Å². The summed E-state index contributed by atoms with van der Waals surface area (Å²) in [6, 6.07) is 0. The minimum Gasteiger partial charge on any atom is -0.446 e. The highest BCUT2D eigenvalue weighted by atomic mass is 16.6. The number of β-amino-alcohol motifs (C(OH)–C–C–N with tert-alkyl or cyclic N) is 1. The lowest BCUT2D eigenvalue weighted by molar-refractivity contribution is -0.0277. The molecular weight excluding hydrogens is 270 g/mol. The largest absolute Gasteiger partial charge is 0.446 e. The third-order valence-electron chi connectivity index (χ3n) is 6.22. The fourth-order valence-corrected chi connectivity index (χ4v) is 5.33. The van der Waals surface area contributed by atoms with Crippen molar-refractivity contribution < 1.29 is 19.7 Å². The van der Waals surface area contributed by atoms with Crippen LogP contribution in [0.15, 0.2) is 0 Å². The first kappa shape index (κ1) is 13.8. The molecule has 5 heteroatoms. The molecule has 1 heterocycles. The second kappa shape index (κ2) is 5.13. The Kier molecular flexibility index (Phi) is 3.38. The zero-order valence-electron chi connectivity index (χ0n) is 12.4. The number of ether oxygens (including phenoxy) is 1. The Labute approximate surface area is 125 Å². The summed E-state index contributed by atoms with van der Waals surface area (Å²) < 4.78 is 5.85. The van der Waals surface area contributed by atoms with Gasteiger partial charge in [0.15, 0.2) is 0 Å². The number of fused-ring (bicyclic) bond motifs is 2. The van der Waals surface area contributed by atoms with Gasteiger partial charge in [-0.05, 0) is 62.2 Å². The van der Waals surface area contributed by atoms with Gasteiger partial charge in [0.05, 0.1) is 12.2 Å². The van der Waals surface area contributed by atoms with Crippen LogP contribution in [-0.2, 0) is 4.74 Å². The van der Waals surface area contributed by atoms with Gasteiger partial charge in [-0.3, -0.25) is 0 Å². The van der Waals surface area contributed by atoms with Crippen molar-refractivity contribution in [3.63, 3.8) is 0 Å². The first-order chi connectivity index (χ1) is 10.1. The van der Waals surface area contributed by atoms with Crippen LogP contribution in [0.1, 0.15) is 38.5 Å². The van der Waals surface area contributed by atoms with E-state index in [4.69, 9.17) is 4.74 Å². The summed E-state index contributed by atoms with van der Waals surface area (Å²) in [5.74, 6) is 2.18. The van der Waals surface area contributed by atoms with E-state index in [1.54, 1.807) is 4.90 Å². The fraction of sp³-hybridized carbons (Fsp3) is 0.938. The maximum Gasteiger partial charge on any atom is 0.410 e. The van der Waals surface area contributed by atoms with Gasteiger partial charge in [-0.25, -0.2) is 4.79 Å². The smallest absolute Gasteiger partial charge is 0.410 e. The van der Waals surface area contributed by atoms with Gasteiger partial charge in [-0.1, -0.05) is 0 Å². The maximum atomic E-state index is 12.3. The molecule has 6 unspecified atom stereocenters. The van der Waals surface area contributed by atoms with E-state index in [9.17, 15) is 15.0 Å². The molecule has 21 heavy (non-hydrogen) atoms. The number of carbonyl (C=O) groups is 1. The maximum absolute atomic E-state index is 12.3. The number of carbonyl (C=O) groups excluding carboxylic acids is 1. The predicted octanol–water partition coefficient (Wildman–Crippen LogP) is 1.38. The average molecular weight is 295 g/mol. The third-order valence-corrected chi connectivity index (χ3v) is 6.22. The molecule has 0 aromatic heterocycles. The number of aliphatic hydroxyl groups is 2. The second-order valence-electron chi connectivity index (χ2n) is 7.61. The molecule has 4 rings (SSSR count). The molecule has 4 fully saturated rings. The number of nitrogens with zero attached hydrogens (tertiary/aromatic N) is 1. The number of aliphatic hydroxyl groups excluding tert-OH is 2. The van der Waals surface area contributed by atoms with Crippen molar-refractivity contribution in [2.75, 3.05) is 13.1 Å². The second-order valence-corrected chi connectivity index (χ2v) is 7.61. The van der Waals surface area contributed by atoms with E-state index in [2.05, 4.69) is 0 Å². The normalized spacial score (nSPS) is 48.5. The lowest BCUT2D eigenvalue weighted by Crippen LogP contribution is -2.42. The average Bonchev–Trinajstić information content (AvgIpc) is 2.96. The number of amides is 1. The van der Waals surface area contributed by atoms with Crippen molar-refractivity contribution in [2.24, 2.45) is 23.7 Å². The molecule has 2 N–H and O–H groups in total. The number of hydrogen-bond acceptors (Lipinski definition) is 4. The van der Waals surface area contributed by atoms with Crippen molar-refractivity contribution in [2.45, 2.75) is 56.8 Å². The van der Waals surface area contributed by atoms with Crippen molar-refractivity contribution in [1.29, 1.82) is 0 Å². The van der Waals surface area contributed by atoms with E-state index < -0.39 is 6.10 Å². The van der Waals surface area contributed by atoms with E-state index in [1.165, 1.54) is 0 Å². The van der Waals surface area contributed by atoms with Crippen molar-refractivity contribution >= 4 is 6.09 Å². The standard InChI is InChI=1S/C16H25NO4/c18-13-1-2-17(8-13)16(20)21-15-11-3-9-4-12(15)7-14(19)6-10(9)5-11/h9-15,18-19H,1-8H2/t9?,10?,11?,12?,13-,14?,15?/m0/s1. The van der Waals surface area contributed by atoms with Gasteiger partial charge < -0.3 is 19.8 Å². The molecule has 1 aliphatic heterocycles. The van der Waals surface area contributed by atoms with Gasteiger partial charge in [-0.15, -0.1) is 0 Å². The van der Waals surface area contributed by atoms with Gasteiger partial charge in [0.25, 0.3) is 0 Å². The molecule has 3 bridgehead atoms. The van der Waals surface area contributed by atoms with Gasteiger partial charge in [0.1, 0.15) is 6.10 Å². The van der Waals surface area contributed by atoms with Crippen LogP contribution in [0.2, 0.25) is 0 Å². The molecule has 7 atom stereocenters. The van der Waals surface area contributed by atoms with Crippen LogP contribution in [0.25, 0.3) is 0 Å². The van der Waals surface area contributed by atoms with Crippen LogP contribution in [0, 0.1) is 23.7 Å². The lowest BCUT2D eigenvalue weighted by Gasteiger charge is -2.37. The van der Waals surface area contributed by atoms with Crippen LogP contribution >= 0.6 is 0 Å². The van der Waals surface area contributed by atoms with Crippen LogP contribution in [0.3, 0.4) is 0 Å². The molecule has 5 nitrogen and oxygen atoms in total. The van der Waals surface area contributed by atoms with Crippen LogP contribution < -0.4 is 0 Å². The zero-order valence-corrected chi connectivity index (χ0v) is 12.4. The van der Waals surface area contributed by atoms with Crippen molar-refractivity contribution in [3.8, 4) is 0 Å². The minimum absolute atomic E-state index is 0.0218. The van der Waals surface area contributed by atoms with Gasteiger partial charge in [0.2, 0.25) is 0 Å². The number of hydrogen-bond donors (Lipinski definition) is 2. The third kappa shape index (κ3) is 2.44. The van der Waals surface area contributed by atoms with Crippen LogP contribution in [0.5, 0.6) is 0 Å². The molecule has 0 aromatic rings. The molecule has 0 aromatic carbocycles. The number of likely N-dealkylation sites (tertiary alicyclic amines) is 1. The Morgan fingerprint density at radius 3 is 2.19 bits per heavy atom. The van der Waals surface area contributed by atoms with E-state index in [0.29, 0.717) is 37.3 Å². The SMILES string of the molecule is O=C(OC1C2CC(O)CC3CC1CC3C2)N1CC[C@H](O)C1. The topological polar surface area (TPSA) is 70.0 Å². The van der Waals surface area contributed by atoms with E-state index in [0.717, 1.165) is 38.0 Å². The summed E-state index contributed by atoms with van der Waals surface area (Å²) in [4.78, 5) is 13.9. The molecular formula is C16H25NO4. The highest BCUT2D eigenvalue weighted by molar-refractivity contribution is 5.68. The van der Waals surface area contributed by atoms with Crippen LogP contribution in [-0.4, -0.2) is 52.6 Å². The summed E-state index contributed by atoms with van der Waals surface area (Å²) in [6.45, 7) is 0.991. The quantitative estimate of drug-likeness (QED) is 0.766. The molecule has 3 aliphatic carbocycles. The molecule has 0 radical (unpaired) electrons. The first-order valence-electron chi connectivity index (χ1n) is 8.42. The zero-order chi connectivity index (χ0) is 14.6. The summed E-state index contributed by atoms with van der Waals surface area (Å²) in [5, 5.41) is 19.7. The van der Waals surface area contributed by atoms with Crippen molar-refractivity contribution in [1.82, 2.24) is 4.90 Å². The fourth-order valence-electron chi connectivity index (χ4n) is 5.33. The summed E-state index contributed by atoms with van der Waals surface area (Å²) in [6.07, 6.45) is 4.84. The Bertz CT molecular complexity index is 429. The van der Waals surface area contributed by atoms with E-state index in [-0.39, 0.29) is 18.3 Å². The highest BCUT2D eigenvalue weighted by Crippen LogP contribution is 2.54. The monoisotopic (exact) mass is 295 g/mol. The molecule has 3 saturated carbocycles. The molecule has 0 spiro atoms. The summed E-state index contributed by atoms with van der Waals surface area (Å²) in [5.41, 5.74) is 0. The Balaban J connectivity index is 1.46. The Hall–Kier alpha value is -0.810. The van der Waals surface area contributed by atoms with E-state index in [1.807, 2.05) is 0 Å². The molecule has 1 amide bonds. The predicted molar refractivity (Wildman–Crippen MR) is 75.5 cm³/mol. The van der Waals surface area contributed by atoms with Gasteiger partial charge in [0, 0.05) is 13.1 Å². The molecule has 1 saturated heterocycles. The molecule has 4 aliphatic rings. The van der Waals surface area contributed by atoms with Crippen LogP contribution in [0.4, 0.5) is 4.79 Å². The first-order valence-corrected chi connectivity index (χ1v) is 8.42.